The van der Waals surface area contributed by atoms with Gasteiger partial charge in [0, 0.05) is 13.0 Å². The van der Waals surface area contributed by atoms with Gasteiger partial charge in [0.1, 0.15) is 0 Å². The molecule has 1 amide bonds. The van der Waals surface area contributed by atoms with Crippen LogP contribution in [0, 0.1) is 0 Å². The fraction of sp³-hybridized carbons (Fsp3) is 0.939. The van der Waals surface area contributed by atoms with Gasteiger partial charge in [-0.25, -0.2) is 4.57 Å². The second-order valence-electron chi connectivity index (χ2n) is 17.4. The van der Waals surface area contributed by atoms with Crippen LogP contribution in [0.25, 0.3) is 0 Å². The van der Waals surface area contributed by atoms with Crippen LogP contribution >= 0.6 is 7.82 Å². The van der Waals surface area contributed by atoms with Crippen molar-refractivity contribution in [2.24, 2.45) is 5.73 Å². The number of nitrogens with one attached hydrogen (secondary N) is 1. The largest absolute Gasteiger partial charge is 0.472 e. The normalized spacial score (nSPS) is 13.9. The predicted octanol–water partition coefficient (Wildman–Crippen LogP) is 14.7. The topological polar surface area (TPSA) is 131 Å². The molecule has 0 spiro atoms. The first kappa shape index (κ1) is 57.2. The van der Waals surface area contributed by atoms with Crippen molar-refractivity contribution in [1.29, 1.82) is 0 Å². The molecule has 0 aliphatic heterocycles. The number of hydrogen-bond acceptors (Lipinski definition) is 6. The van der Waals surface area contributed by atoms with E-state index in [1.807, 2.05) is 6.08 Å². The molecule has 0 fully saturated rings. The van der Waals surface area contributed by atoms with Gasteiger partial charge in [0.05, 0.1) is 25.4 Å². The van der Waals surface area contributed by atoms with Crippen LogP contribution in [0.4, 0.5) is 0 Å². The Hall–Kier alpha value is -0.760. The highest BCUT2D eigenvalue weighted by molar-refractivity contribution is 7.47. The minimum Gasteiger partial charge on any atom is -0.387 e. The van der Waals surface area contributed by atoms with Crippen molar-refractivity contribution in [2.75, 3.05) is 19.8 Å². The zero-order valence-electron chi connectivity index (χ0n) is 38.6. The summed E-state index contributed by atoms with van der Waals surface area (Å²) in [5, 5.41) is 13.7. The van der Waals surface area contributed by atoms with Crippen LogP contribution in [0.2, 0.25) is 0 Å². The maximum absolute atomic E-state index is 12.8. The lowest BCUT2D eigenvalue weighted by Gasteiger charge is -2.23. The van der Waals surface area contributed by atoms with E-state index >= 15 is 0 Å². The van der Waals surface area contributed by atoms with Crippen molar-refractivity contribution in [2.45, 2.75) is 276 Å². The number of nitrogens with two attached hydrogens (primary N) is 1. The number of rotatable bonds is 48. The zero-order valence-corrected chi connectivity index (χ0v) is 39.5. The molecule has 0 saturated heterocycles. The molecule has 0 aliphatic rings. The fourth-order valence-corrected chi connectivity index (χ4v) is 8.54. The molecule has 0 aliphatic carbocycles. The second kappa shape index (κ2) is 45.8. The lowest BCUT2D eigenvalue weighted by atomic mass is 10.0. The number of hydrogen-bond donors (Lipinski definition) is 4. The summed E-state index contributed by atoms with van der Waals surface area (Å²) < 4.78 is 22.2. The first-order valence-corrected chi connectivity index (χ1v) is 26.8. The number of phosphoric acid groups is 1. The van der Waals surface area contributed by atoms with Crippen molar-refractivity contribution in [1.82, 2.24) is 5.32 Å². The molecule has 3 unspecified atom stereocenters. The first-order valence-electron chi connectivity index (χ1n) is 25.3. The zero-order chi connectivity index (χ0) is 42.5. The monoisotopic (exact) mass is 843 g/mol. The van der Waals surface area contributed by atoms with Gasteiger partial charge < -0.3 is 21.1 Å². The molecule has 346 valence electrons. The van der Waals surface area contributed by atoms with Crippen LogP contribution in [0.3, 0.4) is 0 Å². The van der Waals surface area contributed by atoms with Gasteiger partial charge in [-0.05, 0) is 19.3 Å². The number of aliphatic hydroxyl groups is 1. The van der Waals surface area contributed by atoms with Gasteiger partial charge >= 0.3 is 7.82 Å². The smallest absolute Gasteiger partial charge is 0.387 e. The summed E-state index contributed by atoms with van der Waals surface area (Å²) in [5.74, 6) is -0.188. The maximum Gasteiger partial charge on any atom is 0.472 e. The molecule has 5 N–H and O–H groups in total. The third-order valence-corrected chi connectivity index (χ3v) is 12.6. The molecular weight excluding hydrogens is 744 g/mol. The summed E-state index contributed by atoms with van der Waals surface area (Å²) in [6.07, 6.45) is 52.7. The van der Waals surface area contributed by atoms with Crippen LogP contribution in [0.1, 0.15) is 264 Å². The van der Waals surface area contributed by atoms with E-state index in [1.54, 1.807) is 6.08 Å². The van der Waals surface area contributed by atoms with Crippen molar-refractivity contribution in [3.05, 3.63) is 12.2 Å². The second-order valence-corrected chi connectivity index (χ2v) is 18.8. The van der Waals surface area contributed by atoms with Crippen LogP contribution in [0.15, 0.2) is 12.2 Å². The highest BCUT2D eigenvalue weighted by atomic mass is 31.2. The molecule has 0 aromatic rings. The van der Waals surface area contributed by atoms with Gasteiger partial charge in [0.15, 0.2) is 0 Å². The molecule has 0 bridgehead atoms. The Bertz CT molecular complexity index is 922. The highest BCUT2D eigenvalue weighted by Crippen LogP contribution is 2.43. The van der Waals surface area contributed by atoms with Gasteiger partial charge in [-0.3, -0.25) is 13.8 Å². The summed E-state index contributed by atoms with van der Waals surface area (Å²) in [4.78, 5) is 22.8. The van der Waals surface area contributed by atoms with Crippen LogP contribution in [0.5, 0.6) is 0 Å². The standard InChI is InChI=1S/C49H99N2O6P/c1-3-5-7-9-11-13-15-17-19-21-23-24-25-26-28-30-32-34-36-38-40-42-48(52)47(46-57-58(54,55)56-45-44-50)51-49(53)43-41-39-37-35-33-31-29-27-22-20-18-16-14-12-10-8-6-4-2/h40,42,47-48,52H,3-39,41,43-46,50H2,1-2H3,(H,51,53)(H,54,55)/b42-40+. The third-order valence-electron chi connectivity index (χ3n) is 11.6. The number of carbonyl (C=O) groups is 1. The van der Waals surface area contributed by atoms with E-state index in [-0.39, 0.29) is 25.7 Å². The molecule has 0 radical (unpaired) electrons. The summed E-state index contributed by atoms with van der Waals surface area (Å²) in [6.45, 7) is 4.18. The molecule has 8 nitrogen and oxygen atoms in total. The number of phosphoric ester groups is 1. The molecule has 0 heterocycles. The van der Waals surface area contributed by atoms with Crippen LogP contribution in [-0.4, -0.2) is 47.8 Å². The minimum absolute atomic E-state index is 0.0817. The summed E-state index contributed by atoms with van der Waals surface area (Å²) >= 11 is 0. The van der Waals surface area contributed by atoms with E-state index in [4.69, 9.17) is 14.8 Å². The van der Waals surface area contributed by atoms with Crippen LogP contribution in [-0.2, 0) is 18.4 Å². The van der Waals surface area contributed by atoms with Gasteiger partial charge in [-0.15, -0.1) is 0 Å². The Balaban J connectivity index is 4.08. The Morgan fingerprint density at radius 3 is 1.22 bits per heavy atom. The van der Waals surface area contributed by atoms with Gasteiger partial charge in [-0.2, -0.15) is 0 Å². The lowest BCUT2D eigenvalue weighted by molar-refractivity contribution is -0.123. The Kier molecular flexibility index (Phi) is 45.2. The van der Waals surface area contributed by atoms with Gasteiger partial charge in [-0.1, -0.05) is 251 Å². The number of unbranched alkanes of at least 4 members (excludes halogenated alkanes) is 36. The van der Waals surface area contributed by atoms with Crippen LogP contribution < -0.4 is 11.1 Å². The molecule has 0 aromatic carbocycles. The predicted molar refractivity (Wildman–Crippen MR) is 249 cm³/mol. The van der Waals surface area contributed by atoms with Crippen molar-refractivity contribution < 1.29 is 28.4 Å². The molecule has 9 heteroatoms. The van der Waals surface area contributed by atoms with E-state index in [0.29, 0.717) is 6.42 Å². The Morgan fingerprint density at radius 2 is 0.879 bits per heavy atom. The maximum atomic E-state index is 12.8. The fourth-order valence-electron chi connectivity index (χ4n) is 7.78. The molecule has 0 rings (SSSR count). The first-order chi connectivity index (χ1) is 28.4. The van der Waals surface area contributed by atoms with Crippen molar-refractivity contribution >= 4 is 13.7 Å². The molecule has 0 aromatic heterocycles. The molecule has 0 saturated carbocycles. The van der Waals surface area contributed by atoms with E-state index in [1.165, 1.54) is 205 Å². The van der Waals surface area contributed by atoms with E-state index < -0.39 is 20.0 Å². The molecular formula is C49H99N2O6P. The van der Waals surface area contributed by atoms with Gasteiger partial charge in [0.25, 0.3) is 0 Å². The molecule has 3 atom stereocenters. The lowest BCUT2D eigenvalue weighted by Crippen LogP contribution is -2.45. The SMILES string of the molecule is CCCCCCCCCCCCCCCCCCCCC/C=C/C(O)C(COP(=O)(O)OCCN)NC(=O)CCCCCCCCCCCCCCCCCCCC. The number of aliphatic hydroxyl groups excluding tert-OH is 1. The van der Waals surface area contributed by atoms with E-state index in [9.17, 15) is 19.4 Å². The molecule has 58 heavy (non-hydrogen) atoms. The van der Waals surface area contributed by atoms with Crippen molar-refractivity contribution in [3.8, 4) is 0 Å². The van der Waals surface area contributed by atoms with Gasteiger partial charge in [0.2, 0.25) is 5.91 Å². The average Bonchev–Trinajstić information content (AvgIpc) is 3.21. The summed E-state index contributed by atoms with van der Waals surface area (Å²) in [7, 11) is -4.34. The summed E-state index contributed by atoms with van der Waals surface area (Å²) in [6, 6.07) is -0.855. The number of carbonyl (C=O) groups excluding carboxylic acids is 1. The summed E-state index contributed by atoms with van der Waals surface area (Å²) in [5.41, 5.74) is 5.39. The quantitative estimate of drug-likeness (QED) is 0.0272. The Labute approximate surface area is 360 Å². The van der Waals surface area contributed by atoms with E-state index in [0.717, 1.165) is 38.5 Å². The number of amides is 1. The highest BCUT2D eigenvalue weighted by Gasteiger charge is 2.26. The minimum atomic E-state index is -4.34. The third kappa shape index (κ3) is 43.3. The average molecular weight is 843 g/mol. The van der Waals surface area contributed by atoms with Crippen molar-refractivity contribution in [3.63, 3.8) is 0 Å². The number of allylic oxidation sites excluding steroid dienone is 1. The van der Waals surface area contributed by atoms with E-state index in [2.05, 4.69) is 19.2 Å². The Morgan fingerprint density at radius 1 is 0.552 bits per heavy atom.